The smallest absolute Gasteiger partial charge is 0.419 e. The van der Waals surface area contributed by atoms with Crippen LogP contribution in [0.2, 0.25) is 0 Å². The molecular weight excluding hydrogens is 259 g/mol. The molecule has 0 amide bonds. The molecule has 3 nitrogen and oxygen atoms in total. The SMILES string of the molecule is NCc1ccc(OCOCC2CC2)c(C(F)(F)F)c1. The molecule has 2 N–H and O–H groups in total. The third-order valence-corrected chi connectivity index (χ3v) is 2.93. The Labute approximate surface area is 109 Å². The van der Waals surface area contributed by atoms with Crippen molar-refractivity contribution in [2.45, 2.75) is 25.6 Å². The molecule has 0 radical (unpaired) electrons. The molecule has 1 aliphatic rings. The fraction of sp³-hybridized carbons (Fsp3) is 0.538. The van der Waals surface area contributed by atoms with Gasteiger partial charge in [-0.3, -0.25) is 0 Å². The van der Waals surface area contributed by atoms with Gasteiger partial charge in [-0.1, -0.05) is 6.07 Å². The Morgan fingerprint density at radius 1 is 1.26 bits per heavy atom. The first-order chi connectivity index (χ1) is 9.00. The maximum absolute atomic E-state index is 12.9. The summed E-state index contributed by atoms with van der Waals surface area (Å²) in [5, 5.41) is 0. The lowest BCUT2D eigenvalue weighted by Gasteiger charge is -2.15. The van der Waals surface area contributed by atoms with Gasteiger partial charge >= 0.3 is 6.18 Å². The Morgan fingerprint density at radius 2 is 2.00 bits per heavy atom. The number of nitrogens with two attached hydrogens (primary N) is 1. The van der Waals surface area contributed by atoms with Crippen molar-refractivity contribution in [3.63, 3.8) is 0 Å². The van der Waals surface area contributed by atoms with Crippen LogP contribution in [0.5, 0.6) is 5.75 Å². The molecule has 1 aromatic rings. The molecule has 0 saturated heterocycles. The minimum absolute atomic E-state index is 0.0571. The van der Waals surface area contributed by atoms with E-state index in [0.29, 0.717) is 18.1 Å². The number of hydrogen-bond acceptors (Lipinski definition) is 3. The van der Waals surface area contributed by atoms with Crippen molar-refractivity contribution in [2.24, 2.45) is 11.7 Å². The molecular formula is C13H16F3NO2. The van der Waals surface area contributed by atoms with Crippen molar-refractivity contribution in [1.82, 2.24) is 0 Å². The van der Waals surface area contributed by atoms with Gasteiger partial charge < -0.3 is 15.2 Å². The summed E-state index contributed by atoms with van der Waals surface area (Å²) < 4.78 is 48.8. The maximum atomic E-state index is 12.9. The van der Waals surface area contributed by atoms with E-state index in [1.165, 1.54) is 12.1 Å². The molecule has 0 atom stereocenters. The van der Waals surface area contributed by atoms with Crippen LogP contribution in [0.25, 0.3) is 0 Å². The Morgan fingerprint density at radius 3 is 2.58 bits per heavy atom. The largest absolute Gasteiger partial charge is 0.467 e. The average Bonchev–Trinajstić information content (AvgIpc) is 3.17. The minimum Gasteiger partial charge on any atom is -0.467 e. The second-order valence-corrected chi connectivity index (χ2v) is 4.61. The molecule has 0 bridgehead atoms. The van der Waals surface area contributed by atoms with Gasteiger partial charge in [0.1, 0.15) is 5.75 Å². The molecule has 6 heteroatoms. The maximum Gasteiger partial charge on any atom is 0.419 e. The molecule has 0 heterocycles. The summed E-state index contributed by atoms with van der Waals surface area (Å²) in [6.45, 7) is 0.436. The van der Waals surface area contributed by atoms with Crippen molar-refractivity contribution in [1.29, 1.82) is 0 Å². The third-order valence-electron chi connectivity index (χ3n) is 2.93. The molecule has 2 rings (SSSR count). The predicted octanol–water partition coefficient (Wildman–Crippen LogP) is 2.93. The summed E-state index contributed by atoms with van der Waals surface area (Å²) in [5.41, 5.74) is 4.94. The Kier molecular flexibility index (Phi) is 4.31. The van der Waals surface area contributed by atoms with E-state index in [1.54, 1.807) is 0 Å². The lowest BCUT2D eigenvalue weighted by Crippen LogP contribution is -2.12. The monoisotopic (exact) mass is 275 g/mol. The van der Waals surface area contributed by atoms with Crippen LogP contribution in [0.15, 0.2) is 18.2 Å². The van der Waals surface area contributed by atoms with Crippen LogP contribution in [0.3, 0.4) is 0 Å². The fourth-order valence-electron chi connectivity index (χ4n) is 1.66. The molecule has 1 fully saturated rings. The summed E-state index contributed by atoms with van der Waals surface area (Å²) in [5.74, 6) is 0.325. The number of halogens is 3. The van der Waals surface area contributed by atoms with Crippen molar-refractivity contribution >= 4 is 0 Å². The molecule has 0 aromatic heterocycles. The number of alkyl halides is 3. The quantitative estimate of drug-likeness (QED) is 0.641. The van der Waals surface area contributed by atoms with E-state index in [4.69, 9.17) is 15.2 Å². The van der Waals surface area contributed by atoms with Crippen LogP contribution in [-0.2, 0) is 17.5 Å². The number of hydrogen-bond donors (Lipinski definition) is 1. The molecule has 19 heavy (non-hydrogen) atoms. The summed E-state index contributed by atoms with van der Waals surface area (Å²) >= 11 is 0. The van der Waals surface area contributed by atoms with Gasteiger partial charge in [0.25, 0.3) is 0 Å². The van der Waals surface area contributed by atoms with Crippen LogP contribution in [0.4, 0.5) is 13.2 Å². The van der Waals surface area contributed by atoms with Crippen LogP contribution in [0.1, 0.15) is 24.0 Å². The summed E-state index contributed by atoms with van der Waals surface area (Å²) in [6.07, 6.45) is -2.21. The van der Waals surface area contributed by atoms with Gasteiger partial charge in [-0.2, -0.15) is 13.2 Å². The molecule has 106 valence electrons. The molecule has 1 aliphatic carbocycles. The lowest BCUT2D eigenvalue weighted by atomic mass is 10.1. The van der Waals surface area contributed by atoms with E-state index in [1.807, 2.05) is 0 Å². The van der Waals surface area contributed by atoms with Crippen molar-refractivity contribution in [3.8, 4) is 5.75 Å². The highest BCUT2D eigenvalue weighted by molar-refractivity contribution is 5.39. The van der Waals surface area contributed by atoms with Gasteiger partial charge in [0, 0.05) is 6.54 Å². The Hall–Kier alpha value is -1.27. The zero-order valence-corrected chi connectivity index (χ0v) is 10.4. The first kappa shape index (κ1) is 14.1. The normalized spacial score (nSPS) is 15.6. The minimum atomic E-state index is -4.46. The van der Waals surface area contributed by atoms with E-state index >= 15 is 0 Å². The van der Waals surface area contributed by atoms with Crippen LogP contribution in [-0.4, -0.2) is 13.4 Å². The van der Waals surface area contributed by atoms with E-state index in [9.17, 15) is 13.2 Å². The molecule has 0 spiro atoms. The summed E-state index contributed by atoms with van der Waals surface area (Å²) in [4.78, 5) is 0. The standard InChI is InChI=1S/C13H16F3NO2/c14-13(15,16)11-5-10(6-17)3-4-12(11)19-8-18-7-9-1-2-9/h3-5,9H,1-2,6-8,17H2. The first-order valence-corrected chi connectivity index (χ1v) is 6.11. The van der Waals surface area contributed by atoms with Crippen LogP contribution < -0.4 is 10.5 Å². The molecule has 0 aliphatic heterocycles. The molecule has 0 unspecified atom stereocenters. The highest BCUT2D eigenvalue weighted by Gasteiger charge is 2.34. The van der Waals surface area contributed by atoms with Gasteiger partial charge in [-0.05, 0) is 36.5 Å². The third kappa shape index (κ3) is 4.11. The van der Waals surface area contributed by atoms with E-state index in [2.05, 4.69) is 0 Å². The molecule has 1 saturated carbocycles. The van der Waals surface area contributed by atoms with Crippen molar-refractivity contribution < 1.29 is 22.6 Å². The highest BCUT2D eigenvalue weighted by atomic mass is 19.4. The average molecular weight is 275 g/mol. The predicted molar refractivity (Wildman–Crippen MR) is 63.5 cm³/mol. The molecule has 1 aromatic carbocycles. The number of rotatable bonds is 6. The Balaban J connectivity index is 2.00. The Bertz CT molecular complexity index is 430. The van der Waals surface area contributed by atoms with E-state index in [-0.39, 0.29) is 19.1 Å². The van der Waals surface area contributed by atoms with Gasteiger partial charge in [0.2, 0.25) is 0 Å². The van der Waals surface area contributed by atoms with Gasteiger partial charge in [-0.15, -0.1) is 0 Å². The van der Waals surface area contributed by atoms with Gasteiger partial charge in [-0.25, -0.2) is 0 Å². The second kappa shape index (κ2) is 5.79. The van der Waals surface area contributed by atoms with Crippen molar-refractivity contribution in [2.75, 3.05) is 13.4 Å². The van der Waals surface area contributed by atoms with E-state index < -0.39 is 11.7 Å². The first-order valence-electron chi connectivity index (χ1n) is 6.11. The van der Waals surface area contributed by atoms with Crippen molar-refractivity contribution in [3.05, 3.63) is 29.3 Å². The topological polar surface area (TPSA) is 44.5 Å². The van der Waals surface area contributed by atoms with Gasteiger partial charge in [0.05, 0.1) is 12.2 Å². The lowest BCUT2D eigenvalue weighted by molar-refractivity contribution is -0.139. The number of benzene rings is 1. The highest BCUT2D eigenvalue weighted by Crippen LogP contribution is 2.37. The summed E-state index contributed by atoms with van der Waals surface area (Å²) in [7, 11) is 0. The fourth-order valence-corrected chi connectivity index (χ4v) is 1.66. The van der Waals surface area contributed by atoms with Crippen LogP contribution in [0, 0.1) is 5.92 Å². The second-order valence-electron chi connectivity index (χ2n) is 4.61. The van der Waals surface area contributed by atoms with Crippen LogP contribution >= 0.6 is 0 Å². The zero-order chi connectivity index (χ0) is 13.9. The zero-order valence-electron chi connectivity index (χ0n) is 10.4. The van der Waals surface area contributed by atoms with Gasteiger partial charge in [0.15, 0.2) is 6.79 Å². The number of ether oxygens (including phenoxy) is 2. The van der Waals surface area contributed by atoms with E-state index in [0.717, 1.165) is 18.9 Å². The summed E-state index contributed by atoms with van der Waals surface area (Å²) in [6, 6.07) is 3.81.